The summed E-state index contributed by atoms with van der Waals surface area (Å²) in [6.45, 7) is 0. The molecule has 0 spiro atoms. The highest BCUT2D eigenvalue weighted by molar-refractivity contribution is 7.90. The Kier molecular flexibility index (Phi) is 3.49. The largest absolute Gasteiger partial charge is 0.497 e. The van der Waals surface area contributed by atoms with Crippen LogP contribution in [0.1, 0.15) is 24.8 Å². The van der Waals surface area contributed by atoms with E-state index in [9.17, 15) is 8.42 Å². The molecular weight excluding hydrogens is 266 g/mol. The van der Waals surface area contributed by atoms with Crippen LogP contribution in [-0.4, -0.2) is 28.9 Å². The number of hydrogen-bond acceptors (Lipinski definition) is 5. The molecule has 2 rings (SSSR count). The molecule has 1 aliphatic carbocycles. The quantitative estimate of drug-likeness (QED) is 0.905. The van der Waals surface area contributed by atoms with Crippen LogP contribution in [-0.2, 0) is 15.4 Å². The zero-order valence-corrected chi connectivity index (χ0v) is 12.2. The van der Waals surface area contributed by atoms with E-state index in [0.29, 0.717) is 17.1 Å². The summed E-state index contributed by atoms with van der Waals surface area (Å²) in [7, 11) is -0.444. The average molecular weight is 285 g/mol. The topological polar surface area (TPSA) is 78.6 Å². The fourth-order valence-electron chi connectivity index (χ4n) is 2.38. The number of nitrogens with two attached hydrogens (primary N) is 1. The Balaban J connectivity index is 2.71. The molecule has 6 heteroatoms. The van der Waals surface area contributed by atoms with Gasteiger partial charge in [0.25, 0.3) is 0 Å². The minimum absolute atomic E-state index is 0.126. The highest BCUT2D eigenvalue weighted by Crippen LogP contribution is 2.46. The van der Waals surface area contributed by atoms with Crippen molar-refractivity contribution in [3.63, 3.8) is 0 Å². The zero-order valence-electron chi connectivity index (χ0n) is 11.4. The number of ether oxygens (including phenoxy) is 2. The summed E-state index contributed by atoms with van der Waals surface area (Å²) in [6, 6.07) is 3.24. The lowest BCUT2D eigenvalue weighted by atomic mass is 9.72. The summed E-state index contributed by atoms with van der Waals surface area (Å²) in [5, 5.41) is 0. The molecule has 0 radical (unpaired) electrons. The third kappa shape index (κ3) is 2.42. The van der Waals surface area contributed by atoms with Gasteiger partial charge < -0.3 is 15.2 Å². The Hall–Kier alpha value is -1.27. The van der Waals surface area contributed by atoms with Crippen molar-refractivity contribution in [2.24, 2.45) is 5.73 Å². The Morgan fingerprint density at radius 2 is 1.84 bits per heavy atom. The van der Waals surface area contributed by atoms with Crippen LogP contribution in [0.2, 0.25) is 0 Å². The Labute approximate surface area is 113 Å². The van der Waals surface area contributed by atoms with Gasteiger partial charge in [-0.1, -0.05) is 0 Å². The molecule has 5 nitrogen and oxygen atoms in total. The van der Waals surface area contributed by atoms with Gasteiger partial charge in [0.1, 0.15) is 16.4 Å². The Morgan fingerprint density at radius 1 is 1.21 bits per heavy atom. The molecule has 106 valence electrons. The maximum Gasteiger partial charge on any atom is 0.179 e. The number of methoxy groups -OCH3 is 2. The van der Waals surface area contributed by atoms with Crippen LogP contribution >= 0.6 is 0 Å². The lowest BCUT2D eigenvalue weighted by molar-refractivity contribution is 0.241. The molecule has 0 bridgehead atoms. The summed E-state index contributed by atoms with van der Waals surface area (Å²) in [5.74, 6) is 0.818. The zero-order chi connectivity index (χ0) is 14.3. The Bertz CT molecular complexity index is 591. The minimum Gasteiger partial charge on any atom is -0.497 e. The fourth-order valence-corrected chi connectivity index (χ4v) is 3.24. The third-order valence-corrected chi connectivity index (χ3v) is 4.75. The molecule has 1 fully saturated rings. The first-order valence-electron chi connectivity index (χ1n) is 6.07. The molecule has 0 amide bonds. The Morgan fingerprint density at radius 3 is 2.21 bits per heavy atom. The van der Waals surface area contributed by atoms with Crippen LogP contribution < -0.4 is 15.2 Å². The van der Waals surface area contributed by atoms with Crippen molar-refractivity contribution in [2.75, 3.05) is 20.5 Å². The molecule has 2 N–H and O–H groups in total. The minimum atomic E-state index is -3.41. The normalized spacial score (nSPS) is 17.7. The molecule has 1 aliphatic rings. The molecule has 0 aromatic heterocycles. The smallest absolute Gasteiger partial charge is 0.179 e. The van der Waals surface area contributed by atoms with Crippen molar-refractivity contribution < 1.29 is 17.9 Å². The summed E-state index contributed by atoms with van der Waals surface area (Å²) in [5.41, 5.74) is 6.50. The van der Waals surface area contributed by atoms with E-state index in [4.69, 9.17) is 15.2 Å². The summed E-state index contributed by atoms with van der Waals surface area (Å²) < 4.78 is 34.3. The van der Waals surface area contributed by atoms with E-state index < -0.39 is 15.4 Å². The van der Waals surface area contributed by atoms with E-state index in [0.717, 1.165) is 25.5 Å². The highest BCUT2D eigenvalue weighted by atomic mass is 32.2. The molecular formula is C13H19NO4S. The van der Waals surface area contributed by atoms with Crippen LogP contribution in [0.15, 0.2) is 17.0 Å². The summed E-state index contributed by atoms with van der Waals surface area (Å²) in [4.78, 5) is 0.126. The van der Waals surface area contributed by atoms with E-state index in [1.165, 1.54) is 20.3 Å². The van der Waals surface area contributed by atoms with Crippen molar-refractivity contribution in [2.45, 2.75) is 29.7 Å². The molecule has 0 heterocycles. The van der Waals surface area contributed by atoms with Crippen LogP contribution in [0, 0.1) is 0 Å². The van der Waals surface area contributed by atoms with Crippen LogP contribution in [0.5, 0.6) is 11.5 Å². The van der Waals surface area contributed by atoms with Gasteiger partial charge in [0.05, 0.1) is 14.2 Å². The van der Waals surface area contributed by atoms with Gasteiger partial charge in [0.15, 0.2) is 9.84 Å². The van der Waals surface area contributed by atoms with Gasteiger partial charge in [-0.2, -0.15) is 0 Å². The van der Waals surface area contributed by atoms with E-state index in [-0.39, 0.29) is 4.90 Å². The van der Waals surface area contributed by atoms with Gasteiger partial charge in [0, 0.05) is 23.4 Å². The average Bonchev–Trinajstić information content (AvgIpc) is 2.33. The van der Waals surface area contributed by atoms with Crippen LogP contribution in [0.4, 0.5) is 0 Å². The van der Waals surface area contributed by atoms with Gasteiger partial charge in [-0.3, -0.25) is 0 Å². The molecule has 0 saturated heterocycles. The monoisotopic (exact) mass is 285 g/mol. The summed E-state index contributed by atoms with van der Waals surface area (Å²) >= 11 is 0. The van der Waals surface area contributed by atoms with Crippen molar-refractivity contribution >= 4 is 9.84 Å². The SMILES string of the molecule is COc1cc(C2(N)CCC2)c(OC)c(S(C)(=O)=O)c1. The lowest BCUT2D eigenvalue weighted by Gasteiger charge is -2.39. The van der Waals surface area contributed by atoms with E-state index in [2.05, 4.69) is 0 Å². The van der Waals surface area contributed by atoms with Crippen molar-refractivity contribution in [1.29, 1.82) is 0 Å². The van der Waals surface area contributed by atoms with Crippen LogP contribution in [0.25, 0.3) is 0 Å². The predicted octanol–water partition coefficient (Wildman–Crippen LogP) is 1.45. The van der Waals surface area contributed by atoms with Crippen LogP contribution in [0.3, 0.4) is 0 Å². The van der Waals surface area contributed by atoms with Gasteiger partial charge in [0.2, 0.25) is 0 Å². The first-order valence-corrected chi connectivity index (χ1v) is 7.96. The number of rotatable bonds is 4. The molecule has 1 aromatic rings. The second-order valence-corrected chi connectivity index (χ2v) is 6.97. The molecule has 0 aliphatic heterocycles. The second kappa shape index (κ2) is 4.68. The lowest BCUT2D eigenvalue weighted by Crippen LogP contribution is -2.43. The first-order chi connectivity index (χ1) is 8.81. The molecule has 0 unspecified atom stereocenters. The first kappa shape index (κ1) is 14.1. The number of hydrogen-bond donors (Lipinski definition) is 1. The van der Waals surface area contributed by atoms with E-state index >= 15 is 0 Å². The molecule has 1 saturated carbocycles. The van der Waals surface area contributed by atoms with E-state index in [1.807, 2.05) is 0 Å². The molecule has 1 aromatic carbocycles. The summed E-state index contributed by atoms with van der Waals surface area (Å²) in [6.07, 6.45) is 3.82. The van der Waals surface area contributed by atoms with Crippen molar-refractivity contribution in [3.05, 3.63) is 17.7 Å². The number of benzene rings is 1. The molecule has 19 heavy (non-hydrogen) atoms. The van der Waals surface area contributed by atoms with Crippen molar-refractivity contribution in [1.82, 2.24) is 0 Å². The van der Waals surface area contributed by atoms with Gasteiger partial charge in [-0.15, -0.1) is 0 Å². The number of sulfone groups is 1. The predicted molar refractivity (Wildman–Crippen MR) is 72.4 cm³/mol. The van der Waals surface area contributed by atoms with Gasteiger partial charge in [-0.25, -0.2) is 8.42 Å². The second-order valence-electron chi connectivity index (χ2n) is 4.99. The van der Waals surface area contributed by atoms with Gasteiger partial charge in [-0.05, 0) is 25.3 Å². The maximum atomic E-state index is 11.9. The fraction of sp³-hybridized carbons (Fsp3) is 0.538. The van der Waals surface area contributed by atoms with E-state index in [1.54, 1.807) is 6.07 Å². The van der Waals surface area contributed by atoms with Gasteiger partial charge >= 0.3 is 0 Å². The highest BCUT2D eigenvalue weighted by Gasteiger charge is 2.39. The third-order valence-electron chi connectivity index (χ3n) is 3.65. The molecule has 0 atom stereocenters. The van der Waals surface area contributed by atoms with Crippen molar-refractivity contribution in [3.8, 4) is 11.5 Å². The standard InChI is InChI=1S/C13H19NO4S/c1-17-9-7-10(13(14)5-4-6-13)12(18-2)11(8-9)19(3,15)16/h7-8H,4-6,14H2,1-3H3. The maximum absolute atomic E-state index is 11.9.